The Morgan fingerprint density at radius 3 is 2.48 bits per heavy atom. The van der Waals surface area contributed by atoms with Gasteiger partial charge in [0.1, 0.15) is 5.69 Å². The van der Waals surface area contributed by atoms with E-state index in [1.165, 1.54) is 6.20 Å². The van der Waals surface area contributed by atoms with Crippen LogP contribution in [0.25, 0.3) is 0 Å². The van der Waals surface area contributed by atoms with E-state index in [-0.39, 0.29) is 17.3 Å². The molecule has 2 heterocycles. The second-order valence-corrected chi connectivity index (χ2v) is 5.49. The van der Waals surface area contributed by atoms with Crippen LogP contribution in [0.4, 0.5) is 5.69 Å². The van der Waals surface area contributed by atoms with E-state index in [0.717, 1.165) is 43.1 Å². The number of carboxylic acids is 1. The average molecular weight is 311 g/mol. The lowest BCUT2D eigenvalue weighted by Gasteiger charge is -2.27. The molecule has 0 atom stereocenters. The Hall–Kier alpha value is -2.76. The first-order valence-electron chi connectivity index (χ1n) is 7.62. The molecule has 1 aliphatic heterocycles. The van der Waals surface area contributed by atoms with E-state index < -0.39 is 5.97 Å². The summed E-state index contributed by atoms with van der Waals surface area (Å²) in [6.45, 7) is 0.623. The van der Waals surface area contributed by atoms with Gasteiger partial charge >= 0.3 is 5.97 Å². The molecule has 1 N–H and O–H groups in total. The van der Waals surface area contributed by atoms with Gasteiger partial charge < -0.3 is 10.0 Å². The van der Waals surface area contributed by atoms with E-state index in [4.69, 9.17) is 5.11 Å². The standard InChI is InChI=1S/C17H17N3O3/c21-16(13-10-19-14(11-18-13)17(22)23)20-9-5-1-2-6-12-7-3-4-8-15(12)20/h3-4,7-8,10-11H,1-2,5-6,9H2,(H,22,23). The highest BCUT2D eigenvalue weighted by Crippen LogP contribution is 2.26. The summed E-state index contributed by atoms with van der Waals surface area (Å²) < 4.78 is 0. The van der Waals surface area contributed by atoms with Crippen molar-refractivity contribution < 1.29 is 14.7 Å². The second kappa shape index (κ2) is 6.56. The van der Waals surface area contributed by atoms with Gasteiger partial charge in [-0.25, -0.2) is 14.8 Å². The molecule has 1 aromatic heterocycles. The van der Waals surface area contributed by atoms with E-state index >= 15 is 0 Å². The Morgan fingerprint density at radius 1 is 1.00 bits per heavy atom. The lowest BCUT2D eigenvalue weighted by Crippen LogP contribution is -2.34. The monoisotopic (exact) mass is 311 g/mol. The van der Waals surface area contributed by atoms with Gasteiger partial charge in [-0.15, -0.1) is 0 Å². The third-order valence-electron chi connectivity index (χ3n) is 3.95. The van der Waals surface area contributed by atoms with Gasteiger partial charge in [0.05, 0.1) is 12.4 Å². The van der Waals surface area contributed by atoms with E-state index in [1.54, 1.807) is 4.90 Å². The van der Waals surface area contributed by atoms with Crippen LogP contribution in [0.5, 0.6) is 0 Å². The van der Waals surface area contributed by atoms with Crippen LogP contribution in [0, 0.1) is 0 Å². The van der Waals surface area contributed by atoms with Crippen LogP contribution >= 0.6 is 0 Å². The van der Waals surface area contributed by atoms with Crippen molar-refractivity contribution in [3.8, 4) is 0 Å². The molecule has 0 saturated carbocycles. The van der Waals surface area contributed by atoms with Crippen molar-refractivity contribution in [2.75, 3.05) is 11.4 Å². The number of aromatic carboxylic acids is 1. The number of nitrogens with zero attached hydrogens (tertiary/aromatic N) is 3. The predicted octanol–water partition coefficient (Wildman–Crippen LogP) is 2.55. The van der Waals surface area contributed by atoms with E-state index in [1.807, 2.05) is 24.3 Å². The first kappa shape index (κ1) is 15.1. The number of fused-ring (bicyclic) bond motifs is 1. The summed E-state index contributed by atoms with van der Waals surface area (Å²) in [6, 6.07) is 7.88. The van der Waals surface area contributed by atoms with Crippen molar-refractivity contribution in [3.05, 3.63) is 53.6 Å². The van der Waals surface area contributed by atoms with Gasteiger partial charge in [-0.3, -0.25) is 4.79 Å². The number of hydrogen-bond donors (Lipinski definition) is 1. The molecule has 6 nitrogen and oxygen atoms in total. The lowest BCUT2D eigenvalue weighted by atomic mass is 10.0. The number of carbonyl (C=O) groups is 2. The topological polar surface area (TPSA) is 83.4 Å². The van der Waals surface area contributed by atoms with Crippen LogP contribution in [-0.2, 0) is 6.42 Å². The van der Waals surface area contributed by atoms with E-state index in [0.29, 0.717) is 6.54 Å². The molecule has 3 rings (SSSR count). The number of carboxylic acid groups (broad SMARTS) is 1. The van der Waals surface area contributed by atoms with Gasteiger partial charge in [-0.2, -0.15) is 0 Å². The average Bonchev–Trinajstić information content (AvgIpc) is 2.55. The minimum Gasteiger partial charge on any atom is -0.476 e. The summed E-state index contributed by atoms with van der Waals surface area (Å²) in [7, 11) is 0. The summed E-state index contributed by atoms with van der Waals surface area (Å²) in [5.41, 5.74) is 2.04. The maximum absolute atomic E-state index is 12.8. The third kappa shape index (κ3) is 3.21. The number of hydrogen-bond acceptors (Lipinski definition) is 4. The van der Waals surface area contributed by atoms with Crippen LogP contribution in [0.15, 0.2) is 36.7 Å². The van der Waals surface area contributed by atoms with Crippen molar-refractivity contribution in [1.29, 1.82) is 0 Å². The Bertz CT molecular complexity index is 728. The first-order chi connectivity index (χ1) is 11.2. The van der Waals surface area contributed by atoms with Gasteiger partial charge in [-0.1, -0.05) is 24.6 Å². The van der Waals surface area contributed by atoms with Crippen LogP contribution in [-0.4, -0.2) is 33.5 Å². The Kier molecular flexibility index (Phi) is 4.32. The van der Waals surface area contributed by atoms with Crippen LogP contribution in [0.3, 0.4) is 0 Å². The Morgan fingerprint density at radius 2 is 1.74 bits per heavy atom. The van der Waals surface area contributed by atoms with Crippen molar-refractivity contribution >= 4 is 17.6 Å². The molecule has 1 amide bonds. The van der Waals surface area contributed by atoms with Crippen LogP contribution in [0.1, 0.15) is 45.8 Å². The van der Waals surface area contributed by atoms with Crippen LogP contribution < -0.4 is 4.90 Å². The van der Waals surface area contributed by atoms with Crippen LogP contribution in [0.2, 0.25) is 0 Å². The first-order valence-corrected chi connectivity index (χ1v) is 7.62. The fourth-order valence-electron chi connectivity index (χ4n) is 2.77. The Balaban J connectivity index is 1.93. The highest BCUT2D eigenvalue weighted by atomic mass is 16.4. The van der Waals surface area contributed by atoms with Gasteiger partial charge in [0.2, 0.25) is 0 Å². The van der Waals surface area contributed by atoms with Crippen molar-refractivity contribution in [3.63, 3.8) is 0 Å². The van der Waals surface area contributed by atoms with Gasteiger partial charge in [0, 0.05) is 12.2 Å². The molecule has 0 radical (unpaired) electrons. The number of anilines is 1. The molecule has 0 spiro atoms. The van der Waals surface area contributed by atoms with E-state index in [2.05, 4.69) is 9.97 Å². The quantitative estimate of drug-likeness (QED) is 0.921. The van der Waals surface area contributed by atoms with Crippen molar-refractivity contribution in [2.24, 2.45) is 0 Å². The highest BCUT2D eigenvalue weighted by Gasteiger charge is 2.22. The van der Waals surface area contributed by atoms with Gasteiger partial charge in [-0.05, 0) is 30.9 Å². The number of para-hydroxylation sites is 1. The normalized spacial score (nSPS) is 14.5. The SMILES string of the molecule is O=C(O)c1cnc(C(=O)N2CCCCCc3ccccc32)cn1. The minimum absolute atomic E-state index is 0.158. The summed E-state index contributed by atoms with van der Waals surface area (Å²) in [5, 5.41) is 8.86. The number of rotatable bonds is 2. The molecule has 1 aliphatic rings. The summed E-state index contributed by atoms with van der Waals surface area (Å²) in [5.74, 6) is -1.41. The maximum atomic E-state index is 12.8. The molecule has 118 valence electrons. The zero-order chi connectivity index (χ0) is 16.2. The number of aromatic nitrogens is 2. The van der Waals surface area contributed by atoms with Crippen molar-refractivity contribution in [1.82, 2.24) is 9.97 Å². The molecular weight excluding hydrogens is 294 g/mol. The molecule has 1 aromatic carbocycles. The summed E-state index contributed by atoms with van der Waals surface area (Å²) >= 11 is 0. The zero-order valence-corrected chi connectivity index (χ0v) is 12.6. The van der Waals surface area contributed by atoms with Gasteiger partial charge in [0.25, 0.3) is 5.91 Å². The summed E-state index contributed by atoms with van der Waals surface area (Å²) in [6.07, 6.45) is 6.41. The molecule has 23 heavy (non-hydrogen) atoms. The van der Waals surface area contributed by atoms with Crippen molar-refractivity contribution in [2.45, 2.75) is 25.7 Å². The molecular formula is C17H17N3O3. The smallest absolute Gasteiger partial charge is 0.356 e. The molecule has 6 heteroatoms. The fraction of sp³-hybridized carbons (Fsp3) is 0.294. The number of carbonyl (C=O) groups excluding carboxylic acids is 1. The lowest BCUT2D eigenvalue weighted by molar-refractivity contribution is 0.0689. The van der Waals surface area contributed by atoms with Gasteiger partial charge in [0.15, 0.2) is 5.69 Å². The molecule has 0 bridgehead atoms. The zero-order valence-electron chi connectivity index (χ0n) is 12.6. The van der Waals surface area contributed by atoms with E-state index in [9.17, 15) is 9.59 Å². The second-order valence-electron chi connectivity index (χ2n) is 5.49. The number of aryl methyl sites for hydroxylation is 1. The number of amides is 1. The molecule has 0 saturated heterocycles. The fourth-order valence-corrected chi connectivity index (χ4v) is 2.77. The number of benzene rings is 1. The third-order valence-corrected chi connectivity index (χ3v) is 3.95. The molecule has 0 unspecified atom stereocenters. The minimum atomic E-state index is -1.16. The highest BCUT2D eigenvalue weighted by molar-refractivity contribution is 6.05. The maximum Gasteiger partial charge on any atom is 0.356 e. The molecule has 0 aliphatic carbocycles. The predicted molar refractivity (Wildman–Crippen MR) is 84.7 cm³/mol. The summed E-state index contributed by atoms with van der Waals surface area (Å²) in [4.78, 5) is 33.1. The Labute approximate surface area is 133 Å². The molecule has 0 fully saturated rings. The molecule has 2 aromatic rings. The largest absolute Gasteiger partial charge is 0.476 e.